The van der Waals surface area contributed by atoms with E-state index in [1.54, 1.807) is 19.4 Å². The van der Waals surface area contributed by atoms with Crippen molar-refractivity contribution in [1.29, 1.82) is 5.26 Å². The van der Waals surface area contributed by atoms with Crippen molar-refractivity contribution >= 4 is 22.4 Å². The molecule has 1 fully saturated rings. The SMILES string of the molecule is Cc1[nH]nc(C#N)c1-c1nc(-n2cnc3cc(Nc4cn[nH]c4C4COC4)ccc32)ccc1[C@H](C)O. The molecular formula is C25H23N9O2. The Morgan fingerprint density at radius 1 is 1.25 bits per heavy atom. The van der Waals surface area contributed by atoms with E-state index in [1.807, 2.05) is 41.8 Å². The summed E-state index contributed by atoms with van der Waals surface area (Å²) in [5.41, 5.74) is 7.15. The van der Waals surface area contributed by atoms with Gasteiger partial charge in [0, 0.05) is 22.9 Å². The minimum atomic E-state index is -0.769. The number of nitrogens with zero attached hydrogens (tertiary/aromatic N) is 6. The number of aryl methyl sites for hydroxylation is 1. The molecule has 0 saturated carbocycles. The van der Waals surface area contributed by atoms with E-state index >= 15 is 0 Å². The van der Waals surface area contributed by atoms with Crippen molar-refractivity contribution < 1.29 is 9.84 Å². The highest BCUT2D eigenvalue weighted by Crippen LogP contribution is 2.33. The van der Waals surface area contributed by atoms with Gasteiger partial charge in [-0.1, -0.05) is 6.07 Å². The zero-order chi connectivity index (χ0) is 24.8. The highest BCUT2D eigenvalue weighted by molar-refractivity contribution is 5.82. The van der Waals surface area contributed by atoms with E-state index in [1.165, 1.54) is 0 Å². The lowest BCUT2D eigenvalue weighted by Crippen LogP contribution is -2.26. The number of aromatic nitrogens is 7. The summed E-state index contributed by atoms with van der Waals surface area (Å²) in [6.45, 7) is 4.88. The van der Waals surface area contributed by atoms with E-state index in [0.29, 0.717) is 47.5 Å². The van der Waals surface area contributed by atoms with Gasteiger partial charge in [-0.2, -0.15) is 15.5 Å². The number of rotatable bonds is 6. The van der Waals surface area contributed by atoms with Crippen LogP contribution in [0.3, 0.4) is 0 Å². The van der Waals surface area contributed by atoms with E-state index in [0.717, 1.165) is 28.1 Å². The molecule has 5 aromatic rings. The van der Waals surface area contributed by atoms with Crippen LogP contribution in [0.5, 0.6) is 0 Å². The number of aliphatic hydroxyl groups is 1. The summed E-state index contributed by atoms with van der Waals surface area (Å²) < 4.78 is 7.19. The third kappa shape index (κ3) is 3.60. The van der Waals surface area contributed by atoms with Crippen LogP contribution in [0.25, 0.3) is 28.1 Å². The van der Waals surface area contributed by atoms with Gasteiger partial charge >= 0.3 is 0 Å². The highest BCUT2D eigenvalue weighted by Gasteiger charge is 2.25. The number of pyridine rings is 1. The van der Waals surface area contributed by atoms with Crippen molar-refractivity contribution in [2.75, 3.05) is 18.5 Å². The second kappa shape index (κ2) is 8.60. The number of ether oxygens (including phenoxy) is 1. The van der Waals surface area contributed by atoms with Gasteiger partial charge in [0.05, 0.1) is 59.2 Å². The molecule has 11 nitrogen and oxygen atoms in total. The van der Waals surface area contributed by atoms with Crippen LogP contribution in [-0.4, -0.2) is 53.3 Å². The summed E-state index contributed by atoms with van der Waals surface area (Å²) in [5.74, 6) is 0.937. The number of nitriles is 1. The summed E-state index contributed by atoms with van der Waals surface area (Å²) in [6.07, 6.45) is 2.72. The smallest absolute Gasteiger partial charge is 0.171 e. The van der Waals surface area contributed by atoms with Gasteiger partial charge in [-0.25, -0.2) is 9.97 Å². The van der Waals surface area contributed by atoms with Gasteiger partial charge in [0.1, 0.15) is 18.2 Å². The Morgan fingerprint density at radius 2 is 2.11 bits per heavy atom. The fourth-order valence-corrected chi connectivity index (χ4v) is 4.47. The van der Waals surface area contributed by atoms with Crippen LogP contribution in [0.1, 0.15) is 41.6 Å². The highest BCUT2D eigenvalue weighted by atomic mass is 16.5. The first kappa shape index (κ1) is 22.0. The number of anilines is 2. The Morgan fingerprint density at radius 3 is 2.86 bits per heavy atom. The lowest BCUT2D eigenvalue weighted by atomic mass is 10.0. The first-order valence-corrected chi connectivity index (χ1v) is 11.5. The summed E-state index contributed by atoms with van der Waals surface area (Å²) >= 11 is 0. The van der Waals surface area contributed by atoms with Gasteiger partial charge in [0.25, 0.3) is 0 Å². The monoisotopic (exact) mass is 481 g/mol. The lowest BCUT2D eigenvalue weighted by molar-refractivity contribution is 0.00697. The first-order valence-electron chi connectivity index (χ1n) is 11.5. The zero-order valence-electron chi connectivity index (χ0n) is 19.6. The molecule has 0 spiro atoms. The van der Waals surface area contributed by atoms with Gasteiger partial charge in [-0.3, -0.25) is 14.8 Å². The molecule has 0 radical (unpaired) electrons. The summed E-state index contributed by atoms with van der Waals surface area (Å²) in [6, 6.07) is 11.7. The molecule has 4 N–H and O–H groups in total. The van der Waals surface area contributed by atoms with Crippen molar-refractivity contribution in [2.24, 2.45) is 0 Å². The number of imidazole rings is 1. The topological polar surface area (TPSA) is 153 Å². The zero-order valence-corrected chi connectivity index (χ0v) is 19.6. The van der Waals surface area contributed by atoms with Crippen molar-refractivity contribution in [2.45, 2.75) is 25.9 Å². The lowest BCUT2D eigenvalue weighted by Gasteiger charge is -2.25. The van der Waals surface area contributed by atoms with Crippen LogP contribution in [-0.2, 0) is 4.74 Å². The minimum Gasteiger partial charge on any atom is -0.389 e. The van der Waals surface area contributed by atoms with Crippen molar-refractivity contribution in [3.8, 4) is 23.1 Å². The van der Waals surface area contributed by atoms with Crippen LogP contribution in [0.2, 0.25) is 0 Å². The second-order valence-corrected chi connectivity index (χ2v) is 8.84. The molecule has 0 amide bonds. The number of nitrogens with one attached hydrogen (secondary N) is 3. The number of aromatic amines is 2. The maximum Gasteiger partial charge on any atom is 0.171 e. The third-order valence-corrected chi connectivity index (χ3v) is 6.44. The molecule has 11 heteroatoms. The van der Waals surface area contributed by atoms with E-state index in [-0.39, 0.29) is 5.69 Å². The van der Waals surface area contributed by atoms with Crippen LogP contribution < -0.4 is 5.32 Å². The molecular weight excluding hydrogens is 458 g/mol. The molecule has 1 saturated heterocycles. The van der Waals surface area contributed by atoms with E-state index in [2.05, 4.69) is 36.8 Å². The van der Waals surface area contributed by atoms with E-state index in [9.17, 15) is 10.4 Å². The van der Waals surface area contributed by atoms with Crippen LogP contribution in [0.15, 0.2) is 42.9 Å². The van der Waals surface area contributed by atoms with Gasteiger partial charge in [0.2, 0.25) is 0 Å². The number of H-pyrrole nitrogens is 2. The minimum absolute atomic E-state index is 0.234. The van der Waals surface area contributed by atoms with Gasteiger partial charge in [-0.15, -0.1) is 0 Å². The largest absolute Gasteiger partial charge is 0.389 e. The molecule has 0 aliphatic carbocycles. The quantitative estimate of drug-likeness (QED) is 0.287. The summed E-state index contributed by atoms with van der Waals surface area (Å²) in [7, 11) is 0. The van der Waals surface area contributed by atoms with E-state index < -0.39 is 6.10 Å². The summed E-state index contributed by atoms with van der Waals surface area (Å²) in [4.78, 5) is 9.43. The van der Waals surface area contributed by atoms with Gasteiger partial charge in [0.15, 0.2) is 5.69 Å². The molecule has 1 aliphatic heterocycles. The molecule has 36 heavy (non-hydrogen) atoms. The Kier molecular flexibility index (Phi) is 5.25. The van der Waals surface area contributed by atoms with Gasteiger partial charge < -0.3 is 15.2 Å². The average molecular weight is 482 g/mol. The first-order chi connectivity index (χ1) is 17.5. The van der Waals surface area contributed by atoms with E-state index in [4.69, 9.17) is 9.72 Å². The molecule has 4 aromatic heterocycles. The standard InChI is InChI=1S/C25H23N9O2/c1-13-23(19(8-26)32-31-13)25-17(14(2)35)4-6-22(30-25)34-12-27-18-7-16(3-5-21(18)34)29-20-9-28-33-24(20)15-10-36-11-15/h3-7,9,12,14-15,29,35H,10-11H2,1-2H3,(H,28,33)(H,31,32)/t14-/m0/s1. The predicted octanol–water partition coefficient (Wildman–Crippen LogP) is 3.62. The Hall–Kier alpha value is -4.53. The average Bonchev–Trinajstić information content (AvgIpc) is 3.56. The maximum absolute atomic E-state index is 10.4. The molecule has 0 bridgehead atoms. The van der Waals surface area contributed by atoms with Crippen molar-refractivity contribution in [3.63, 3.8) is 0 Å². The Balaban J connectivity index is 1.38. The second-order valence-electron chi connectivity index (χ2n) is 8.84. The van der Waals surface area contributed by atoms with Crippen LogP contribution in [0, 0.1) is 18.3 Å². The number of aliphatic hydroxyl groups excluding tert-OH is 1. The fraction of sp³-hybridized carbons (Fsp3) is 0.240. The Labute approximate surface area is 205 Å². The number of hydrogen-bond acceptors (Lipinski definition) is 8. The van der Waals surface area contributed by atoms with Crippen LogP contribution >= 0.6 is 0 Å². The number of fused-ring (bicyclic) bond motifs is 1. The molecule has 0 unspecified atom stereocenters. The predicted molar refractivity (Wildman–Crippen MR) is 132 cm³/mol. The number of hydrogen-bond donors (Lipinski definition) is 4. The molecule has 180 valence electrons. The van der Waals surface area contributed by atoms with Crippen molar-refractivity contribution in [1.82, 2.24) is 34.9 Å². The Bertz CT molecular complexity index is 1620. The van der Waals surface area contributed by atoms with Crippen LogP contribution in [0.4, 0.5) is 11.4 Å². The molecule has 6 rings (SSSR count). The third-order valence-electron chi connectivity index (χ3n) is 6.44. The molecule has 1 atom stereocenters. The van der Waals surface area contributed by atoms with Crippen molar-refractivity contribution in [3.05, 3.63) is 65.5 Å². The maximum atomic E-state index is 10.4. The normalized spacial score (nSPS) is 14.5. The number of benzene rings is 1. The fourth-order valence-electron chi connectivity index (χ4n) is 4.47. The molecule has 5 heterocycles. The van der Waals surface area contributed by atoms with Gasteiger partial charge in [-0.05, 0) is 38.1 Å². The summed E-state index contributed by atoms with van der Waals surface area (Å²) in [5, 5.41) is 37.5. The molecule has 1 aromatic carbocycles. The molecule has 1 aliphatic rings.